The molecule has 0 aromatic carbocycles. The van der Waals surface area contributed by atoms with Gasteiger partial charge < -0.3 is 4.90 Å². The molecule has 0 spiro atoms. The van der Waals surface area contributed by atoms with E-state index in [-0.39, 0.29) is 0 Å². The SMILES string of the molecule is CCN(CC)c1nsc(Cl)n1. The van der Waals surface area contributed by atoms with Crippen LogP contribution in [-0.4, -0.2) is 22.4 Å². The molecule has 11 heavy (non-hydrogen) atoms. The molecule has 1 aromatic heterocycles. The van der Waals surface area contributed by atoms with Crippen molar-refractivity contribution in [2.75, 3.05) is 18.0 Å². The van der Waals surface area contributed by atoms with Crippen molar-refractivity contribution in [2.24, 2.45) is 0 Å². The first kappa shape index (κ1) is 8.74. The summed E-state index contributed by atoms with van der Waals surface area (Å²) in [6.07, 6.45) is 0. The molecule has 1 heterocycles. The van der Waals surface area contributed by atoms with Gasteiger partial charge in [-0.2, -0.15) is 9.36 Å². The van der Waals surface area contributed by atoms with Crippen LogP contribution in [0.5, 0.6) is 0 Å². The molecule has 62 valence electrons. The Labute approximate surface area is 75.2 Å². The predicted molar refractivity (Wildman–Crippen MR) is 48.5 cm³/mol. The fraction of sp³-hybridized carbons (Fsp3) is 0.667. The Kier molecular flexibility index (Phi) is 3.08. The maximum atomic E-state index is 5.64. The lowest BCUT2D eigenvalue weighted by Gasteiger charge is -2.14. The Morgan fingerprint density at radius 3 is 2.45 bits per heavy atom. The minimum Gasteiger partial charge on any atom is -0.341 e. The Morgan fingerprint density at radius 1 is 1.45 bits per heavy atom. The number of rotatable bonds is 3. The average molecular weight is 192 g/mol. The van der Waals surface area contributed by atoms with Gasteiger partial charge in [0, 0.05) is 24.6 Å². The summed E-state index contributed by atoms with van der Waals surface area (Å²) in [5, 5.41) is 0. The van der Waals surface area contributed by atoms with Crippen LogP contribution in [0.15, 0.2) is 0 Å². The van der Waals surface area contributed by atoms with Gasteiger partial charge in [0.05, 0.1) is 0 Å². The highest BCUT2D eigenvalue weighted by Crippen LogP contribution is 2.16. The standard InChI is InChI=1S/C6H10ClN3S/c1-3-10(4-2)6-8-5(7)11-9-6/h3-4H2,1-2H3. The minimum atomic E-state index is 0.506. The van der Waals surface area contributed by atoms with Crippen LogP contribution in [0, 0.1) is 0 Å². The van der Waals surface area contributed by atoms with E-state index in [4.69, 9.17) is 11.6 Å². The average Bonchev–Trinajstić information content (AvgIpc) is 2.39. The molecule has 1 rings (SSSR count). The van der Waals surface area contributed by atoms with E-state index in [2.05, 4.69) is 28.1 Å². The van der Waals surface area contributed by atoms with Crippen LogP contribution in [0.3, 0.4) is 0 Å². The molecular formula is C6H10ClN3S. The fourth-order valence-corrected chi connectivity index (χ4v) is 1.45. The summed E-state index contributed by atoms with van der Waals surface area (Å²) in [5.41, 5.74) is 0. The fourth-order valence-electron chi connectivity index (χ4n) is 0.833. The highest BCUT2D eigenvalue weighted by Gasteiger charge is 2.06. The van der Waals surface area contributed by atoms with Crippen LogP contribution < -0.4 is 4.90 Å². The molecule has 0 amide bonds. The van der Waals surface area contributed by atoms with Gasteiger partial charge >= 0.3 is 0 Å². The zero-order chi connectivity index (χ0) is 8.27. The first-order chi connectivity index (χ1) is 5.27. The first-order valence-electron chi connectivity index (χ1n) is 3.52. The monoisotopic (exact) mass is 191 g/mol. The van der Waals surface area contributed by atoms with E-state index in [0.717, 1.165) is 19.0 Å². The lowest BCUT2D eigenvalue weighted by molar-refractivity contribution is 0.835. The van der Waals surface area contributed by atoms with Crippen molar-refractivity contribution in [1.29, 1.82) is 0 Å². The molecule has 0 saturated heterocycles. The number of anilines is 1. The number of hydrogen-bond acceptors (Lipinski definition) is 4. The molecule has 0 N–H and O–H groups in total. The van der Waals surface area contributed by atoms with Gasteiger partial charge in [0.2, 0.25) is 10.4 Å². The van der Waals surface area contributed by atoms with Crippen molar-refractivity contribution >= 4 is 29.1 Å². The third-order valence-corrected chi connectivity index (χ3v) is 2.22. The van der Waals surface area contributed by atoms with E-state index in [1.807, 2.05) is 0 Å². The van der Waals surface area contributed by atoms with E-state index in [0.29, 0.717) is 4.47 Å². The lowest BCUT2D eigenvalue weighted by Crippen LogP contribution is -2.22. The normalized spacial score (nSPS) is 10.1. The van der Waals surface area contributed by atoms with Crippen molar-refractivity contribution in [3.8, 4) is 0 Å². The highest BCUT2D eigenvalue weighted by molar-refractivity contribution is 7.10. The molecular weight excluding hydrogens is 182 g/mol. The maximum absolute atomic E-state index is 5.64. The molecule has 0 aliphatic heterocycles. The van der Waals surface area contributed by atoms with Crippen LogP contribution in [0.2, 0.25) is 4.47 Å². The zero-order valence-electron chi connectivity index (χ0n) is 6.54. The van der Waals surface area contributed by atoms with Crippen molar-refractivity contribution in [3.63, 3.8) is 0 Å². The molecule has 0 fully saturated rings. The molecule has 3 nitrogen and oxygen atoms in total. The summed E-state index contributed by atoms with van der Waals surface area (Å²) < 4.78 is 4.59. The van der Waals surface area contributed by atoms with Crippen molar-refractivity contribution in [1.82, 2.24) is 9.36 Å². The molecule has 0 unspecified atom stereocenters. The van der Waals surface area contributed by atoms with Crippen molar-refractivity contribution in [3.05, 3.63) is 4.47 Å². The quantitative estimate of drug-likeness (QED) is 0.732. The van der Waals surface area contributed by atoms with Crippen molar-refractivity contribution in [2.45, 2.75) is 13.8 Å². The van der Waals surface area contributed by atoms with Gasteiger partial charge in [-0.25, -0.2) is 0 Å². The topological polar surface area (TPSA) is 29.0 Å². The van der Waals surface area contributed by atoms with Gasteiger partial charge in [-0.3, -0.25) is 0 Å². The van der Waals surface area contributed by atoms with Gasteiger partial charge in [0.1, 0.15) is 0 Å². The van der Waals surface area contributed by atoms with E-state index >= 15 is 0 Å². The highest BCUT2D eigenvalue weighted by atomic mass is 35.5. The molecule has 1 aromatic rings. The van der Waals surface area contributed by atoms with Crippen LogP contribution >= 0.6 is 23.1 Å². The predicted octanol–water partition coefficient (Wildman–Crippen LogP) is 2.04. The maximum Gasteiger partial charge on any atom is 0.238 e. The summed E-state index contributed by atoms with van der Waals surface area (Å²) in [7, 11) is 0. The van der Waals surface area contributed by atoms with Gasteiger partial charge in [-0.05, 0) is 25.4 Å². The zero-order valence-corrected chi connectivity index (χ0v) is 8.11. The van der Waals surface area contributed by atoms with Crippen LogP contribution in [0.25, 0.3) is 0 Å². The third-order valence-electron chi connectivity index (χ3n) is 1.44. The molecule has 0 bridgehead atoms. The Morgan fingerprint density at radius 2 is 2.09 bits per heavy atom. The number of aromatic nitrogens is 2. The molecule has 5 heteroatoms. The van der Waals surface area contributed by atoms with Crippen LogP contribution in [-0.2, 0) is 0 Å². The second-order valence-corrected chi connectivity index (χ2v) is 3.35. The van der Waals surface area contributed by atoms with Gasteiger partial charge in [-0.15, -0.1) is 0 Å². The van der Waals surface area contributed by atoms with Crippen molar-refractivity contribution < 1.29 is 0 Å². The first-order valence-corrected chi connectivity index (χ1v) is 4.67. The Balaban J connectivity index is 2.73. The summed E-state index contributed by atoms with van der Waals surface area (Å²) >= 11 is 6.86. The number of nitrogens with zero attached hydrogens (tertiary/aromatic N) is 3. The van der Waals surface area contributed by atoms with Gasteiger partial charge in [-0.1, -0.05) is 0 Å². The lowest BCUT2D eigenvalue weighted by atomic mass is 10.5. The molecule has 0 aliphatic carbocycles. The molecule has 0 saturated carbocycles. The Hall–Kier alpha value is -0.350. The summed E-state index contributed by atoms with van der Waals surface area (Å²) in [6.45, 7) is 5.98. The van der Waals surface area contributed by atoms with E-state index in [1.54, 1.807) is 0 Å². The minimum absolute atomic E-state index is 0.506. The van der Waals surface area contributed by atoms with Crippen LogP contribution in [0.4, 0.5) is 5.95 Å². The van der Waals surface area contributed by atoms with E-state index in [1.165, 1.54) is 11.5 Å². The second-order valence-electron chi connectivity index (χ2n) is 2.02. The summed E-state index contributed by atoms with van der Waals surface area (Å²) in [4.78, 5) is 6.11. The van der Waals surface area contributed by atoms with E-state index < -0.39 is 0 Å². The van der Waals surface area contributed by atoms with E-state index in [9.17, 15) is 0 Å². The van der Waals surface area contributed by atoms with Gasteiger partial charge in [0.25, 0.3) is 0 Å². The third kappa shape index (κ3) is 2.04. The van der Waals surface area contributed by atoms with Crippen LogP contribution in [0.1, 0.15) is 13.8 Å². The summed E-state index contributed by atoms with van der Waals surface area (Å²) in [6, 6.07) is 0. The molecule has 0 aliphatic rings. The van der Waals surface area contributed by atoms with Gasteiger partial charge in [0.15, 0.2) is 0 Å². The Bertz CT molecular complexity index is 221. The largest absolute Gasteiger partial charge is 0.341 e. The second kappa shape index (κ2) is 3.88. The number of halogens is 1. The molecule has 0 radical (unpaired) electrons. The number of hydrogen-bond donors (Lipinski definition) is 0. The molecule has 0 atom stereocenters. The smallest absolute Gasteiger partial charge is 0.238 e. The summed E-state index contributed by atoms with van der Waals surface area (Å²) in [5.74, 6) is 0.741.